The number of carboxylic acid groups (broad SMARTS) is 1. The number of benzene rings is 1. The summed E-state index contributed by atoms with van der Waals surface area (Å²) in [6.45, 7) is -0.444. The molecule has 1 amide bonds. The third-order valence-electron chi connectivity index (χ3n) is 2.58. The number of carbonyl (C=O) groups excluding carboxylic acids is 1. The summed E-state index contributed by atoms with van der Waals surface area (Å²) in [5.74, 6) is -1.50. The Balaban J connectivity index is 2.40. The second-order valence-electron chi connectivity index (χ2n) is 3.98. The lowest BCUT2D eigenvalue weighted by Gasteiger charge is -2.21. The molecule has 0 radical (unpaired) electrons. The number of hydrogen-bond donors (Lipinski definition) is 2. The minimum absolute atomic E-state index is 0.358. The number of nitrogens with zero attached hydrogens (tertiary/aromatic N) is 1. The van der Waals surface area contributed by atoms with Gasteiger partial charge < -0.3 is 10.8 Å². The summed E-state index contributed by atoms with van der Waals surface area (Å²) in [5.41, 5.74) is 7.00. The van der Waals surface area contributed by atoms with Crippen LogP contribution in [0.4, 0.5) is 11.4 Å². The van der Waals surface area contributed by atoms with Crippen LogP contribution in [-0.2, 0) is 4.79 Å². The van der Waals surface area contributed by atoms with Crippen molar-refractivity contribution >= 4 is 50.5 Å². The Morgan fingerprint density at radius 2 is 2.05 bits per heavy atom. The molecule has 2 aromatic rings. The molecular weight excluding hydrogens is 344 g/mol. The molecule has 1 aromatic heterocycles. The zero-order valence-corrected chi connectivity index (χ0v) is 12.6. The van der Waals surface area contributed by atoms with Crippen LogP contribution in [0.3, 0.4) is 0 Å². The average Bonchev–Trinajstić information content (AvgIpc) is 2.82. The predicted molar refractivity (Wildman–Crippen MR) is 82.2 cm³/mol. The number of carboxylic acids is 1. The van der Waals surface area contributed by atoms with Gasteiger partial charge in [0, 0.05) is 5.38 Å². The Bertz CT molecular complexity index is 657. The van der Waals surface area contributed by atoms with Gasteiger partial charge in [0.05, 0.1) is 20.7 Å². The van der Waals surface area contributed by atoms with Gasteiger partial charge in [-0.25, -0.2) is 0 Å². The highest BCUT2D eigenvalue weighted by Gasteiger charge is 2.22. The third kappa shape index (κ3) is 3.17. The van der Waals surface area contributed by atoms with Gasteiger partial charge in [-0.2, -0.15) is 0 Å². The highest BCUT2D eigenvalue weighted by molar-refractivity contribution is 9.11. The first-order valence-corrected chi connectivity index (χ1v) is 7.28. The minimum Gasteiger partial charge on any atom is -0.480 e. The smallest absolute Gasteiger partial charge is 0.323 e. The molecule has 0 bridgehead atoms. The standard InChI is InChI=1S/C13H11BrN2O3S/c14-11-5-8(7-20-11)13(19)16(6-12(17)18)10-4-2-1-3-9(10)15/h1-5,7H,6,15H2,(H,17,18). The summed E-state index contributed by atoms with van der Waals surface area (Å²) in [6, 6.07) is 8.33. The molecule has 7 heteroatoms. The highest BCUT2D eigenvalue weighted by Crippen LogP contribution is 2.27. The number of rotatable bonds is 4. The Morgan fingerprint density at radius 3 is 2.60 bits per heavy atom. The van der Waals surface area contributed by atoms with Gasteiger partial charge in [-0.1, -0.05) is 12.1 Å². The maximum absolute atomic E-state index is 12.4. The lowest BCUT2D eigenvalue weighted by atomic mass is 10.2. The molecule has 5 nitrogen and oxygen atoms in total. The quantitative estimate of drug-likeness (QED) is 0.826. The van der Waals surface area contributed by atoms with E-state index in [4.69, 9.17) is 10.8 Å². The van der Waals surface area contributed by atoms with E-state index >= 15 is 0 Å². The molecule has 1 aromatic carbocycles. The summed E-state index contributed by atoms with van der Waals surface area (Å²) in [6.07, 6.45) is 0. The number of hydrogen-bond acceptors (Lipinski definition) is 4. The second-order valence-corrected chi connectivity index (χ2v) is 6.27. The van der Waals surface area contributed by atoms with Crippen molar-refractivity contribution in [1.29, 1.82) is 0 Å². The molecule has 0 aliphatic heterocycles. The van der Waals surface area contributed by atoms with Crippen LogP contribution in [0.2, 0.25) is 0 Å². The van der Waals surface area contributed by atoms with Gasteiger partial charge in [0.2, 0.25) is 0 Å². The lowest BCUT2D eigenvalue weighted by Crippen LogP contribution is -2.36. The summed E-state index contributed by atoms with van der Waals surface area (Å²) in [4.78, 5) is 24.6. The van der Waals surface area contributed by atoms with Crippen LogP contribution in [0.1, 0.15) is 10.4 Å². The highest BCUT2D eigenvalue weighted by atomic mass is 79.9. The number of halogens is 1. The van der Waals surface area contributed by atoms with Crippen LogP contribution in [-0.4, -0.2) is 23.5 Å². The van der Waals surface area contributed by atoms with Crippen molar-refractivity contribution in [3.8, 4) is 0 Å². The number of amides is 1. The molecule has 20 heavy (non-hydrogen) atoms. The summed E-state index contributed by atoms with van der Waals surface area (Å²) >= 11 is 4.64. The lowest BCUT2D eigenvalue weighted by molar-refractivity contribution is -0.135. The molecule has 104 valence electrons. The fraction of sp³-hybridized carbons (Fsp3) is 0.0769. The van der Waals surface area contributed by atoms with E-state index in [0.717, 1.165) is 8.69 Å². The van der Waals surface area contributed by atoms with Crippen LogP contribution >= 0.6 is 27.3 Å². The second kappa shape index (κ2) is 6.06. The molecule has 0 aliphatic rings. The van der Waals surface area contributed by atoms with E-state index < -0.39 is 18.4 Å². The van der Waals surface area contributed by atoms with Gasteiger partial charge in [-0.3, -0.25) is 14.5 Å². The Kier molecular flexibility index (Phi) is 4.41. The van der Waals surface area contributed by atoms with Gasteiger partial charge in [0.1, 0.15) is 6.54 Å². The van der Waals surface area contributed by atoms with Crippen LogP contribution in [0.15, 0.2) is 39.5 Å². The average molecular weight is 355 g/mol. The zero-order valence-electron chi connectivity index (χ0n) is 10.2. The largest absolute Gasteiger partial charge is 0.480 e. The van der Waals surface area contributed by atoms with Crippen molar-refractivity contribution in [1.82, 2.24) is 0 Å². The maximum Gasteiger partial charge on any atom is 0.323 e. The number of aliphatic carboxylic acids is 1. The number of carbonyl (C=O) groups is 2. The van der Waals surface area contributed by atoms with Crippen molar-refractivity contribution in [3.63, 3.8) is 0 Å². The third-order valence-corrected chi connectivity index (χ3v) is 4.08. The Labute approximate surface area is 127 Å². The van der Waals surface area contributed by atoms with Gasteiger partial charge in [-0.15, -0.1) is 11.3 Å². The topological polar surface area (TPSA) is 83.6 Å². The van der Waals surface area contributed by atoms with E-state index in [2.05, 4.69) is 15.9 Å². The molecular formula is C13H11BrN2O3S. The van der Waals surface area contributed by atoms with Gasteiger partial charge in [-0.05, 0) is 34.1 Å². The molecule has 0 unspecified atom stereocenters. The van der Waals surface area contributed by atoms with Crippen LogP contribution in [0, 0.1) is 0 Å². The van der Waals surface area contributed by atoms with Crippen LogP contribution < -0.4 is 10.6 Å². The zero-order chi connectivity index (χ0) is 14.7. The maximum atomic E-state index is 12.4. The summed E-state index contributed by atoms with van der Waals surface area (Å²) in [7, 11) is 0. The van der Waals surface area contributed by atoms with E-state index in [-0.39, 0.29) is 0 Å². The van der Waals surface area contributed by atoms with Crippen molar-refractivity contribution in [2.24, 2.45) is 0 Å². The molecule has 0 spiro atoms. The molecule has 3 N–H and O–H groups in total. The van der Waals surface area contributed by atoms with E-state index in [0.29, 0.717) is 16.9 Å². The SMILES string of the molecule is Nc1ccccc1N(CC(=O)O)C(=O)c1csc(Br)c1. The van der Waals surface area contributed by atoms with E-state index in [1.54, 1.807) is 35.7 Å². The molecule has 0 atom stereocenters. The fourth-order valence-corrected chi connectivity index (χ4v) is 2.84. The van der Waals surface area contributed by atoms with Crippen molar-refractivity contribution in [2.45, 2.75) is 0 Å². The first-order chi connectivity index (χ1) is 9.49. The Morgan fingerprint density at radius 1 is 1.35 bits per heavy atom. The summed E-state index contributed by atoms with van der Waals surface area (Å²) < 4.78 is 0.803. The number of nitrogen functional groups attached to an aromatic ring is 1. The van der Waals surface area contributed by atoms with Crippen molar-refractivity contribution < 1.29 is 14.7 Å². The fourth-order valence-electron chi connectivity index (χ4n) is 1.71. The minimum atomic E-state index is -1.10. The number of para-hydroxylation sites is 2. The molecule has 1 heterocycles. The van der Waals surface area contributed by atoms with E-state index in [9.17, 15) is 9.59 Å². The number of thiophene rings is 1. The monoisotopic (exact) mass is 354 g/mol. The van der Waals surface area contributed by atoms with Crippen molar-refractivity contribution in [2.75, 3.05) is 17.2 Å². The van der Waals surface area contributed by atoms with Crippen LogP contribution in [0.5, 0.6) is 0 Å². The molecule has 0 fully saturated rings. The van der Waals surface area contributed by atoms with Crippen molar-refractivity contribution in [3.05, 3.63) is 45.1 Å². The summed E-state index contributed by atoms with van der Waals surface area (Å²) in [5, 5.41) is 10.7. The Hall–Kier alpha value is -1.86. The number of nitrogens with two attached hydrogens (primary N) is 1. The first-order valence-electron chi connectivity index (χ1n) is 5.61. The van der Waals surface area contributed by atoms with E-state index in [1.807, 2.05) is 0 Å². The van der Waals surface area contributed by atoms with E-state index in [1.165, 1.54) is 11.3 Å². The van der Waals surface area contributed by atoms with Gasteiger partial charge in [0.15, 0.2) is 0 Å². The predicted octanol–water partition coefficient (Wildman–Crippen LogP) is 2.82. The molecule has 2 rings (SSSR count). The molecule has 0 saturated carbocycles. The normalized spacial score (nSPS) is 10.2. The van der Waals surface area contributed by atoms with Gasteiger partial charge >= 0.3 is 5.97 Å². The number of anilines is 2. The van der Waals surface area contributed by atoms with Gasteiger partial charge in [0.25, 0.3) is 5.91 Å². The van der Waals surface area contributed by atoms with Crippen LogP contribution in [0.25, 0.3) is 0 Å². The molecule has 0 aliphatic carbocycles. The molecule has 0 saturated heterocycles. The first kappa shape index (κ1) is 14.5.